The van der Waals surface area contributed by atoms with Crippen molar-refractivity contribution in [1.29, 1.82) is 0 Å². The molecule has 0 saturated heterocycles. The van der Waals surface area contributed by atoms with Gasteiger partial charge in [0.1, 0.15) is 23.9 Å². The van der Waals surface area contributed by atoms with Crippen LogP contribution in [0.3, 0.4) is 0 Å². The zero-order valence-electron chi connectivity index (χ0n) is 20.2. The Hall–Kier alpha value is -3.85. The molecule has 2 heterocycles. The topological polar surface area (TPSA) is 93.0 Å². The van der Waals surface area contributed by atoms with Crippen molar-refractivity contribution in [2.75, 3.05) is 4.90 Å². The molecule has 0 aliphatic heterocycles. The number of anilines is 1. The highest BCUT2D eigenvalue weighted by Gasteiger charge is 2.35. The van der Waals surface area contributed by atoms with Crippen LogP contribution in [0.5, 0.6) is 0 Å². The number of hydrogen-bond donors (Lipinski definition) is 1. The van der Waals surface area contributed by atoms with E-state index in [2.05, 4.69) is 20.6 Å². The number of pyridine rings is 1. The maximum Gasteiger partial charge on any atom is 0.249 e. The van der Waals surface area contributed by atoms with E-state index in [0.717, 1.165) is 6.07 Å². The van der Waals surface area contributed by atoms with Crippen LogP contribution in [0.25, 0.3) is 11.0 Å². The van der Waals surface area contributed by atoms with Gasteiger partial charge in [0.05, 0.1) is 10.5 Å². The molecule has 0 bridgehead atoms. The molecule has 2 aromatic heterocycles. The fourth-order valence-corrected chi connectivity index (χ4v) is 3.93. The Morgan fingerprint density at radius 2 is 1.94 bits per heavy atom. The molecule has 36 heavy (non-hydrogen) atoms. The highest BCUT2D eigenvalue weighted by atomic mass is 35.5. The molecule has 0 aliphatic carbocycles. The summed E-state index contributed by atoms with van der Waals surface area (Å²) in [5, 5.41) is 11.1. The molecule has 0 spiro atoms. The van der Waals surface area contributed by atoms with Crippen molar-refractivity contribution < 1.29 is 14.0 Å². The lowest BCUT2D eigenvalue weighted by Gasteiger charge is -2.34. The highest BCUT2D eigenvalue weighted by Crippen LogP contribution is 2.31. The van der Waals surface area contributed by atoms with Crippen LogP contribution in [0.1, 0.15) is 38.8 Å². The lowest BCUT2D eigenvalue weighted by molar-refractivity contribution is -0.128. The molecule has 4 rings (SSSR count). The van der Waals surface area contributed by atoms with Crippen LogP contribution in [0.4, 0.5) is 10.1 Å². The summed E-state index contributed by atoms with van der Waals surface area (Å²) in [6.45, 7) is 5.54. The predicted molar refractivity (Wildman–Crippen MR) is 136 cm³/mol. The van der Waals surface area contributed by atoms with Gasteiger partial charge in [0.15, 0.2) is 0 Å². The van der Waals surface area contributed by atoms with Crippen LogP contribution in [-0.4, -0.2) is 37.3 Å². The Morgan fingerprint density at radius 3 is 2.64 bits per heavy atom. The molecule has 0 aliphatic rings. The number of para-hydroxylation sites is 1. The second-order valence-corrected chi connectivity index (χ2v) is 9.42. The van der Waals surface area contributed by atoms with E-state index in [4.69, 9.17) is 11.6 Å². The van der Waals surface area contributed by atoms with Crippen molar-refractivity contribution >= 4 is 40.1 Å². The Balaban J connectivity index is 1.82. The number of aromatic nitrogens is 4. The smallest absolute Gasteiger partial charge is 0.249 e. The molecule has 186 valence electrons. The normalized spacial score (nSPS) is 12.4. The molecule has 2 aromatic carbocycles. The molecule has 10 heteroatoms. The first-order valence-electron chi connectivity index (χ1n) is 11.5. The zero-order chi connectivity index (χ0) is 25.9. The summed E-state index contributed by atoms with van der Waals surface area (Å²) in [7, 11) is 0. The first kappa shape index (κ1) is 25.2. The maximum atomic E-state index is 14.0. The molecule has 1 N–H and O–H groups in total. The fraction of sp³-hybridized carbons (Fsp3) is 0.269. The predicted octanol–water partition coefficient (Wildman–Crippen LogP) is 4.70. The Kier molecular flexibility index (Phi) is 7.30. The molecular weight excluding hydrogens is 483 g/mol. The van der Waals surface area contributed by atoms with E-state index in [1.165, 1.54) is 27.9 Å². The number of carbonyl (C=O) groups excluding carboxylic acids is 2. The fourth-order valence-electron chi connectivity index (χ4n) is 3.76. The number of hydrogen-bond acceptors (Lipinski definition) is 5. The third kappa shape index (κ3) is 5.36. The summed E-state index contributed by atoms with van der Waals surface area (Å²) in [4.78, 5) is 33.1. The number of nitrogens with one attached hydrogen (secondary N) is 1. The van der Waals surface area contributed by atoms with Crippen LogP contribution in [0.2, 0.25) is 5.02 Å². The molecule has 0 saturated carbocycles. The summed E-state index contributed by atoms with van der Waals surface area (Å²) < 4.78 is 15.5. The van der Waals surface area contributed by atoms with Gasteiger partial charge in [0, 0.05) is 29.2 Å². The number of fused-ring (bicyclic) bond motifs is 1. The number of amides is 2. The van der Waals surface area contributed by atoms with Crippen molar-refractivity contribution in [3.63, 3.8) is 0 Å². The van der Waals surface area contributed by atoms with Crippen LogP contribution in [-0.2, 0) is 16.1 Å². The number of rotatable bonds is 8. The molecule has 2 amide bonds. The van der Waals surface area contributed by atoms with Gasteiger partial charge < -0.3 is 5.32 Å². The number of carbonyl (C=O) groups is 2. The maximum absolute atomic E-state index is 14.0. The summed E-state index contributed by atoms with van der Waals surface area (Å²) in [5.74, 6) is -1.51. The molecule has 1 atom stereocenters. The summed E-state index contributed by atoms with van der Waals surface area (Å²) in [6, 6.07) is 13.5. The average Bonchev–Trinajstić information content (AvgIpc) is 3.27. The Labute approximate surface area is 213 Å². The summed E-state index contributed by atoms with van der Waals surface area (Å²) >= 11 is 6.09. The number of nitrogens with zero attached hydrogens (tertiary/aromatic N) is 5. The van der Waals surface area contributed by atoms with Gasteiger partial charge in [-0.3, -0.25) is 19.5 Å². The quantitative estimate of drug-likeness (QED) is 0.372. The zero-order valence-corrected chi connectivity index (χ0v) is 20.9. The number of halogens is 2. The van der Waals surface area contributed by atoms with Gasteiger partial charge in [-0.05, 0) is 56.7 Å². The van der Waals surface area contributed by atoms with Gasteiger partial charge in [-0.1, -0.05) is 41.9 Å². The van der Waals surface area contributed by atoms with Gasteiger partial charge in [0.2, 0.25) is 11.8 Å². The van der Waals surface area contributed by atoms with Crippen molar-refractivity contribution in [2.45, 2.75) is 45.3 Å². The van der Waals surface area contributed by atoms with E-state index < -0.39 is 29.2 Å². The first-order valence-corrected chi connectivity index (χ1v) is 11.9. The van der Waals surface area contributed by atoms with E-state index in [9.17, 15) is 14.0 Å². The van der Waals surface area contributed by atoms with Crippen molar-refractivity contribution in [3.05, 3.63) is 83.4 Å². The first-order chi connectivity index (χ1) is 17.2. The van der Waals surface area contributed by atoms with E-state index in [0.29, 0.717) is 23.0 Å². The van der Waals surface area contributed by atoms with Gasteiger partial charge in [-0.2, -0.15) is 0 Å². The molecule has 4 aromatic rings. The number of benzene rings is 2. The second-order valence-electron chi connectivity index (χ2n) is 9.01. The van der Waals surface area contributed by atoms with E-state index in [1.807, 2.05) is 32.9 Å². The molecule has 0 radical (unpaired) electrons. The third-order valence-corrected chi connectivity index (χ3v) is 6.30. The van der Waals surface area contributed by atoms with Gasteiger partial charge in [0.25, 0.3) is 0 Å². The van der Waals surface area contributed by atoms with Crippen LogP contribution in [0.15, 0.2) is 67.0 Å². The molecule has 0 unspecified atom stereocenters. The van der Waals surface area contributed by atoms with Gasteiger partial charge in [-0.15, -0.1) is 5.10 Å². The largest absolute Gasteiger partial charge is 0.349 e. The van der Waals surface area contributed by atoms with Crippen molar-refractivity contribution in [1.82, 2.24) is 25.3 Å². The highest BCUT2D eigenvalue weighted by molar-refractivity contribution is 6.31. The van der Waals surface area contributed by atoms with Crippen LogP contribution >= 0.6 is 11.6 Å². The summed E-state index contributed by atoms with van der Waals surface area (Å²) in [6.07, 6.45) is 3.77. The second kappa shape index (κ2) is 10.4. The van der Waals surface area contributed by atoms with Gasteiger partial charge >= 0.3 is 0 Å². The Bertz CT molecular complexity index is 1390. The van der Waals surface area contributed by atoms with Crippen LogP contribution < -0.4 is 10.2 Å². The van der Waals surface area contributed by atoms with Gasteiger partial charge in [-0.25, -0.2) is 9.07 Å². The minimum Gasteiger partial charge on any atom is -0.349 e. The lowest BCUT2D eigenvalue weighted by Crippen LogP contribution is -2.51. The summed E-state index contributed by atoms with van der Waals surface area (Å²) in [5.41, 5.74) is 1.51. The molecular formula is C26H26ClFN6O2. The Morgan fingerprint density at radius 1 is 1.17 bits per heavy atom. The molecule has 0 fully saturated rings. The van der Waals surface area contributed by atoms with E-state index in [1.54, 1.807) is 30.5 Å². The SMILES string of the molecule is CCC(C)(C)NC(=O)[C@H](c1cccnc1)N(C(=O)Cn1nnc2ccccc21)c1ccc(F)c(Cl)c1. The van der Waals surface area contributed by atoms with Crippen molar-refractivity contribution in [3.8, 4) is 0 Å². The monoisotopic (exact) mass is 508 g/mol. The average molecular weight is 509 g/mol. The van der Waals surface area contributed by atoms with E-state index in [-0.39, 0.29) is 17.3 Å². The lowest BCUT2D eigenvalue weighted by atomic mass is 9.99. The van der Waals surface area contributed by atoms with Crippen LogP contribution in [0, 0.1) is 5.82 Å². The van der Waals surface area contributed by atoms with E-state index >= 15 is 0 Å². The molecule has 8 nitrogen and oxygen atoms in total. The third-order valence-electron chi connectivity index (χ3n) is 6.01. The minimum absolute atomic E-state index is 0.171. The minimum atomic E-state index is -1.10. The standard InChI is InChI=1S/C26H26ClFN6O2/c1-4-26(2,3)30-25(36)24(17-8-7-13-29-15-17)34(18-11-12-20(28)19(27)14-18)23(35)16-33-22-10-6-5-9-21(22)31-32-33/h5-15,24H,4,16H2,1-3H3,(H,30,36)/t24-/m0/s1. The van der Waals surface area contributed by atoms with Crippen molar-refractivity contribution in [2.24, 2.45) is 0 Å².